The first-order valence-corrected chi connectivity index (χ1v) is 9.89. The van der Waals surface area contributed by atoms with E-state index in [0.29, 0.717) is 18.1 Å². The Labute approximate surface area is 155 Å². The molecule has 8 unspecified atom stereocenters. The van der Waals surface area contributed by atoms with Crippen LogP contribution in [0.15, 0.2) is 0 Å². The minimum absolute atomic E-state index is 0.185. The van der Waals surface area contributed by atoms with Crippen molar-refractivity contribution in [2.45, 2.75) is 76.2 Å². The van der Waals surface area contributed by atoms with Gasteiger partial charge in [0.25, 0.3) is 0 Å². The van der Waals surface area contributed by atoms with Gasteiger partial charge in [0.15, 0.2) is 5.79 Å². The maximum Gasteiger partial charge on any atom is 0.337 e. The SMILES string of the molecule is CCC1CN1C(C(OCC(O)CO)C(=O)O)(N1CC1CC)N1CC1CC. The number of aliphatic hydroxyl groups excluding tert-OH is 2. The van der Waals surface area contributed by atoms with Crippen LogP contribution in [0.1, 0.15) is 40.0 Å². The summed E-state index contributed by atoms with van der Waals surface area (Å²) in [6, 6.07) is 1.08. The van der Waals surface area contributed by atoms with Gasteiger partial charge in [0.05, 0.1) is 13.2 Å². The van der Waals surface area contributed by atoms with Crippen LogP contribution < -0.4 is 0 Å². The normalized spacial score (nSPS) is 39.7. The number of hydrogen-bond donors (Lipinski definition) is 3. The Morgan fingerprint density at radius 2 is 1.46 bits per heavy atom. The van der Waals surface area contributed by atoms with Crippen LogP contribution in [0.4, 0.5) is 0 Å². The molecule has 3 fully saturated rings. The molecule has 0 saturated carbocycles. The highest BCUT2D eigenvalue weighted by Gasteiger charge is 2.71. The highest BCUT2D eigenvalue weighted by Crippen LogP contribution is 2.51. The molecule has 3 aliphatic rings. The zero-order valence-electron chi connectivity index (χ0n) is 16.0. The van der Waals surface area contributed by atoms with Crippen LogP contribution in [-0.4, -0.2) is 105 Å². The van der Waals surface area contributed by atoms with Crippen molar-refractivity contribution >= 4 is 5.97 Å². The summed E-state index contributed by atoms with van der Waals surface area (Å²) >= 11 is 0. The Hall–Kier alpha value is -0.770. The molecule has 8 atom stereocenters. The molecule has 0 bridgehead atoms. The van der Waals surface area contributed by atoms with Gasteiger partial charge in [-0.05, 0) is 19.3 Å². The van der Waals surface area contributed by atoms with E-state index in [2.05, 4.69) is 35.5 Å². The lowest BCUT2D eigenvalue weighted by molar-refractivity contribution is -0.191. The van der Waals surface area contributed by atoms with Gasteiger partial charge in [0.2, 0.25) is 6.10 Å². The molecule has 3 saturated heterocycles. The van der Waals surface area contributed by atoms with Crippen molar-refractivity contribution in [3.8, 4) is 0 Å². The van der Waals surface area contributed by atoms with Crippen LogP contribution >= 0.6 is 0 Å². The summed E-state index contributed by atoms with van der Waals surface area (Å²) in [5.41, 5.74) is 0. The second kappa shape index (κ2) is 7.69. The Bertz CT molecular complexity index is 474. The van der Waals surface area contributed by atoms with Gasteiger partial charge in [-0.25, -0.2) is 4.79 Å². The molecular weight excluding hydrogens is 338 g/mol. The standard InChI is InChI=1S/C18H33N3O5/c1-4-12-7-19(12)18(20-8-13(20)5-2,21-9-14(21)6-3)16(17(24)25)26-11-15(23)10-22/h12-16,22-23H,4-11H2,1-3H3,(H,24,25). The Kier molecular flexibility index (Phi) is 5.91. The van der Waals surface area contributed by atoms with Crippen molar-refractivity contribution in [3.05, 3.63) is 0 Å². The van der Waals surface area contributed by atoms with Crippen LogP contribution in [0.5, 0.6) is 0 Å². The van der Waals surface area contributed by atoms with Crippen molar-refractivity contribution in [2.75, 3.05) is 32.8 Å². The maximum atomic E-state index is 12.3. The fraction of sp³-hybridized carbons (Fsp3) is 0.944. The maximum absolute atomic E-state index is 12.3. The van der Waals surface area contributed by atoms with Crippen molar-refractivity contribution in [1.29, 1.82) is 0 Å². The highest BCUT2D eigenvalue weighted by molar-refractivity contribution is 5.74. The molecule has 0 spiro atoms. The van der Waals surface area contributed by atoms with Gasteiger partial charge in [0.1, 0.15) is 6.10 Å². The van der Waals surface area contributed by atoms with Gasteiger partial charge in [-0.3, -0.25) is 14.7 Å². The first kappa shape index (κ1) is 20.0. The fourth-order valence-electron chi connectivity index (χ4n) is 4.35. The number of carboxylic acids is 1. The molecule has 3 N–H and O–H groups in total. The minimum Gasteiger partial charge on any atom is -0.479 e. The van der Waals surface area contributed by atoms with Crippen molar-refractivity contribution < 1.29 is 24.9 Å². The number of hydrogen-bond acceptors (Lipinski definition) is 7. The van der Waals surface area contributed by atoms with Crippen LogP contribution in [0.3, 0.4) is 0 Å². The van der Waals surface area contributed by atoms with E-state index in [1.165, 1.54) is 0 Å². The lowest BCUT2D eigenvalue weighted by Crippen LogP contribution is -2.66. The minimum atomic E-state index is -1.09. The number of ether oxygens (including phenoxy) is 1. The molecule has 150 valence electrons. The van der Waals surface area contributed by atoms with Gasteiger partial charge in [0, 0.05) is 37.8 Å². The Morgan fingerprint density at radius 3 is 1.73 bits per heavy atom. The molecule has 0 aliphatic carbocycles. The first-order chi connectivity index (χ1) is 12.4. The zero-order valence-corrected chi connectivity index (χ0v) is 16.0. The first-order valence-electron chi connectivity index (χ1n) is 9.89. The van der Waals surface area contributed by atoms with E-state index in [1.807, 2.05) is 0 Å². The predicted molar refractivity (Wildman–Crippen MR) is 95.6 cm³/mol. The smallest absolute Gasteiger partial charge is 0.337 e. The van der Waals surface area contributed by atoms with Gasteiger partial charge < -0.3 is 20.1 Å². The Morgan fingerprint density at radius 1 is 1.04 bits per heavy atom. The summed E-state index contributed by atoms with van der Waals surface area (Å²) < 4.78 is 5.77. The third-order valence-corrected chi connectivity index (χ3v) is 6.07. The van der Waals surface area contributed by atoms with Gasteiger partial charge in [-0.15, -0.1) is 0 Å². The molecule has 0 aromatic rings. The summed E-state index contributed by atoms with van der Waals surface area (Å²) in [5.74, 6) is -1.80. The van der Waals surface area contributed by atoms with Crippen molar-refractivity contribution in [2.24, 2.45) is 0 Å². The quantitative estimate of drug-likeness (QED) is 0.404. The monoisotopic (exact) mass is 371 g/mol. The second-order valence-electron chi connectivity index (χ2n) is 7.72. The number of carbonyl (C=O) groups is 1. The average Bonchev–Trinajstić information content (AvgIpc) is 3.52. The van der Waals surface area contributed by atoms with Crippen molar-refractivity contribution in [1.82, 2.24) is 14.7 Å². The van der Waals surface area contributed by atoms with E-state index < -0.39 is 30.6 Å². The average molecular weight is 371 g/mol. The number of nitrogens with zero attached hydrogens (tertiary/aromatic N) is 3. The molecular formula is C18H33N3O5. The molecule has 0 amide bonds. The molecule has 0 aromatic carbocycles. The summed E-state index contributed by atoms with van der Waals surface area (Å²) in [6.07, 6.45) is 0.764. The lowest BCUT2D eigenvalue weighted by Gasteiger charge is -2.44. The van der Waals surface area contributed by atoms with Crippen LogP contribution in [0.2, 0.25) is 0 Å². The fourth-order valence-corrected chi connectivity index (χ4v) is 4.35. The molecule has 3 aliphatic heterocycles. The van der Waals surface area contributed by atoms with Crippen LogP contribution in [0.25, 0.3) is 0 Å². The molecule has 3 heterocycles. The summed E-state index contributed by atoms with van der Waals surface area (Å²) in [4.78, 5) is 19.1. The number of rotatable bonds is 12. The molecule has 8 nitrogen and oxygen atoms in total. The largest absolute Gasteiger partial charge is 0.479 e. The topological polar surface area (TPSA) is 96.0 Å². The molecule has 0 aromatic heterocycles. The molecule has 8 heteroatoms. The second-order valence-corrected chi connectivity index (χ2v) is 7.72. The van der Waals surface area contributed by atoms with E-state index in [4.69, 9.17) is 9.84 Å². The molecule has 26 heavy (non-hydrogen) atoms. The number of aliphatic carboxylic acids is 1. The van der Waals surface area contributed by atoms with E-state index >= 15 is 0 Å². The van der Waals surface area contributed by atoms with Crippen LogP contribution in [0, 0.1) is 0 Å². The van der Waals surface area contributed by atoms with Crippen molar-refractivity contribution in [3.63, 3.8) is 0 Å². The van der Waals surface area contributed by atoms with Crippen LogP contribution in [-0.2, 0) is 9.53 Å². The lowest BCUT2D eigenvalue weighted by atomic mass is 10.1. The highest BCUT2D eigenvalue weighted by atomic mass is 16.5. The molecule has 0 radical (unpaired) electrons. The summed E-state index contributed by atoms with van der Waals surface area (Å²) in [6.45, 7) is 8.35. The van der Waals surface area contributed by atoms with Gasteiger partial charge >= 0.3 is 5.97 Å². The third kappa shape index (κ3) is 3.39. The van der Waals surface area contributed by atoms with E-state index in [-0.39, 0.29) is 6.61 Å². The zero-order chi connectivity index (χ0) is 19.1. The number of carboxylic acid groups (broad SMARTS) is 1. The third-order valence-electron chi connectivity index (χ3n) is 6.07. The van der Waals surface area contributed by atoms with E-state index in [9.17, 15) is 15.0 Å². The van der Waals surface area contributed by atoms with E-state index in [1.54, 1.807) is 0 Å². The molecule has 3 rings (SSSR count). The summed E-state index contributed by atoms with van der Waals surface area (Å²) in [7, 11) is 0. The summed E-state index contributed by atoms with van der Waals surface area (Å²) in [5, 5.41) is 28.8. The number of aliphatic hydroxyl groups is 2. The Balaban J connectivity index is 1.93. The van der Waals surface area contributed by atoms with E-state index in [0.717, 1.165) is 38.9 Å². The van der Waals surface area contributed by atoms with Gasteiger partial charge in [-0.2, -0.15) is 0 Å². The van der Waals surface area contributed by atoms with Gasteiger partial charge in [-0.1, -0.05) is 20.8 Å². The predicted octanol–water partition coefficient (Wildman–Crippen LogP) is -0.254.